The van der Waals surface area contributed by atoms with Crippen molar-refractivity contribution >= 4 is 11.8 Å². The molecule has 1 aromatic carbocycles. The van der Waals surface area contributed by atoms with Crippen LogP contribution in [0.15, 0.2) is 24.3 Å². The summed E-state index contributed by atoms with van der Waals surface area (Å²) in [5, 5.41) is 0. The number of nitrogens with two attached hydrogens (primary N) is 1. The Morgan fingerprint density at radius 3 is 2.86 bits per heavy atom. The van der Waals surface area contributed by atoms with Crippen molar-refractivity contribution in [1.29, 1.82) is 0 Å². The average molecular weight is 194 g/mol. The van der Waals surface area contributed by atoms with Crippen molar-refractivity contribution in [3.05, 3.63) is 29.8 Å². The number of benzene rings is 1. The van der Waals surface area contributed by atoms with Crippen LogP contribution < -0.4 is 10.6 Å². The van der Waals surface area contributed by atoms with Crippen molar-refractivity contribution in [2.75, 3.05) is 19.1 Å². The summed E-state index contributed by atoms with van der Waals surface area (Å²) >= 11 is 0. The number of carbonyl (C=O) groups excluding carboxylic acids is 1. The SMILES string of the molecule is COC(=O)N(C)c1cccc(CN)c1. The molecule has 0 bridgehead atoms. The molecule has 0 heterocycles. The molecule has 0 radical (unpaired) electrons. The lowest BCUT2D eigenvalue weighted by Gasteiger charge is -2.15. The van der Waals surface area contributed by atoms with Gasteiger partial charge in [-0.1, -0.05) is 12.1 Å². The normalized spacial score (nSPS) is 9.64. The van der Waals surface area contributed by atoms with Crippen LogP contribution >= 0.6 is 0 Å². The molecule has 0 saturated carbocycles. The molecule has 1 amide bonds. The lowest BCUT2D eigenvalue weighted by atomic mass is 10.2. The second-order valence-electron chi connectivity index (χ2n) is 2.90. The van der Waals surface area contributed by atoms with E-state index in [1.807, 2.05) is 24.3 Å². The molecule has 1 rings (SSSR count). The van der Waals surface area contributed by atoms with Crippen molar-refractivity contribution in [3.8, 4) is 0 Å². The first-order valence-corrected chi connectivity index (χ1v) is 4.29. The largest absolute Gasteiger partial charge is 0.452 e. The quantitative estimate of drug-likeness (QED) is 0.773. The monoisotopic (exact) mass is 194 g/mol. The van der Waals surface area contributed by atoms with E-state index in [9.17, 15) is 4.79 Å². The third-order valence-corrected chi connectivity index (χ3v) is 1.98. The van der Waals surface area contributed by atoms with Crippen molar-refractivity contribution < 1.29 is 9.53 Å². The zero-order valence-corrected chi connectivity index (χ0v) is 8.36. The first kappa shape index (κ1) is 10.5. The van der Waals surface area contributed by atoms with E-state index in [2.05, 4.69) is 4.74 Å². The minimum Gasteiger partial charge on any atom is -0.452 e. The van der Waals surface area contributed by atoms with Gasteiger partial charge in [0.25, 0.3) is 0 Å². The topological polar surface area (TPSA) is 55.6 Å². The summed E-state index contributed by atoms with van der Waals surface area (Å²) in [6, 6.07) is 7.46. The number of rotatable bonds is 2. The molecular formula is C10H14N2O2. The Kier molecular flexibility index (Phi) is 3.48. The second-order valence-corrected chi connectivity index (χ2v) is 2.90. The number of amides is 1. The molecule has 0 spiro atoms. The highest BCUT2D eigenvalue weighted by molar-refractivity contribution is 5.86. The van der Waals surface area contributed by atoms with Crippen LogP contribution in [-0.4, -0.2) is 20.3 Å². The summed E-state index contributed by atoms with van der Waals surface area (Å²) in [7, 11) is 3.01. The summed E-state index contributed by atoms with van der Waals surface area (Å²) in [5.74, 6) is 0. The molecule has 0 aliphatic rings. The Bertz CT molecular complexity index is 326. The van der Waals surface area contributed by atoms with Crippen LogP contribution in [0.4, 0.5) is 10.5 Å². The number of hydrogen-bond acceptors (Lipinski definition) is 3. The first-order chi connectivity index (χ1) is 6.69. The number of ether oxygens (including phenoxy) is 1. The van der Waals surface area contributed by atoms with E-state index in [0.29, 0.717) is 6.54 Å². The molecule has 0 aromatic heterocycles. The highest BCUT2D eigenvalue weighted by atomic mass is 16.5. The van der Waals surface area contributed by atoms with E-state index in [1.165, 1.54) is 12.0 Å². The molecule has 0 fully saturated rings. The number of anilines is 1. The van der Waals surface area contributed by atoms with Crippen LogP contribution in [0.25, 0.3) is 0 Å². The molecule has 76 valence electrons. The van der Waals surface area contributed by atoms with Crippen molar-refractivity contribution in [2.45, 2.75) is 6.54 Å². The molecule has 14 heavy (non-hydrogen) atoms. The molecule has 0 atom stereocenters. The molecule has 0 aliphatic heterocycles. The lowest BCUT2D eigenvalue weighted by Crippen LogP contribution is -2.25. The second kappa shape index (κ2) is 4.62. The van der Waals surface area contributed by atoms with Gasteiger partial charge in [-0.25, -0.2) is 4.79 Å². The van der Waals surface area contributed by atoms with Gasteiger partial charge in [0.2, 0.25) is 0 Å². The molecule has 1 aromatic rings. The van der Waals surface area contributed by atoms with Gasteiger partial charge in [-0.3, -0.25) is 4.90 Å². The Hall–Kier alpha value is -1.55. The smallest absolute Gasteiger partial charge is 0.413 e. The maximum atomic E-state index is 11.2. The molecule has 0 saturated heterocycles. The molecular weight excluding hydrogens is 180 g/mol. The highest BCUT2D eigenvalue weighted by Gasteiger charge is 2.09. The van der Waals surface area contributed by atoms with Gasteiger partial charge in [0.05, 0.1) is 7.11 Å². The fourth-order valence-electron chi connectivity index (χ4n) is 1.13. The summed E-state index contributed by atoms with van der Waals surface area (Å²) in [5.41, 5.74) is 7.25. The predicted octanol–water partition coefficient (Wildman–Crippen LogP) is 1.35. The fraction of sp³-hybridized carbons (Fsp3) is 0.300. The first-order valence-electron chi connectivity index (χ1n) is 4.29. The van der Waals surface area contributed by atoms with Gasteiger partial charge in [-0.15, -0.1) is 0 Å². The third-order valence-electron chi connectivity index (χ3n) is 1.98. The van der Waals surface area contributed by atoms with Gasteiger partial charge in [-0.05, 0) is 17.7 Å². The van der Waals surface area contributed by atoms with Crippen LogP contribution in [0.5, 0.6) is 0 Å². The van der Waals surface area contributed by atoms with Gasteiger partial charge in [0.1, 0.15) is 0 Å². The van der Waals surface area contributed by atoms with Gasteiger partial charge < -0.3 is 10.5 Å². The number of carbonyl (C=O) groups is 1. The molecule has 2 N–H and O–H groups in total. The zero-order valence-electron chi connectivity index (χ0n) is 8.36. The van der Waals surface area contributed by atoms with E-state index in [-0.39, 0.29) is 6.09 Å². The lowest BCUT2D eigenvalue weighted by molar-refractivity contribution is 0.180. The van der Waals surface area contributed by atoms with Crippen molar-refractivity contribution in [3.63, 3.8) is 0 Å². The summed E-state index contributed by atoms with van der Waals surface area (Å²) in [6.07, 6.45) is -0.390. The van der Waals surface area contributed by atoms with Gasteiger partial charge in [0, 0.05) is 19.3 Å². The molecule has 0 aliphatic carbocycles. The fourth-order valence-corrected chi connectivity index (χ4v) is 1.13. The molecule has 4 nitrogen and oxygen atoms in total. The predicted molar refractivity (Wildman–Crippen MR) is 55.1 cm³/mol. The maximum absolute atomic E-state index is 11.2. The Labute approximate surface area is 83.3 Å². The van der Waals surface area contributed by atoms with E-state index in [1.54, 1.807) is 7.05 Å². The average Bonchev–Trinajstić information content (AvgIpc) is 2.27. The molecule has 4 heteroatoms. The summed E-state index contributed by atoms with van der Waals surface area (Å²) in [4.78, 5) is 12.6. The summed E-state index contributed by atoms with van der Waals surface area (Å²) < 4.78 is 4.60. The van der Waals surface area contributed by atoms with Crippen LogP contribution in [0, 0.1) is 0 Å². The number of nitrogens with zero attached hydrogens (tertiary/aromatic N) is 1. The third kappa shape index (κ3) is 2.23. The number of hydrogen-bond donors (Lipinski definition) is 1. The Morgan fingerprint density at radius 2 is 2.29 bits per heavy atom. The minimum atomic E-state index is -0.390. The van der Waals surface area contributed by atoms with Gasteiger partial charge in [-0.2, -0.15) is 0 Å². The van der Waals surface area contributed by atoms with E-state index in [4.69, 9.17) is 5.73 Å². The van der Waals surface area contributed by atoms with E-state index < -0.39 is 0 Å². The van der Waals surface area contributed by atoms with Crippen LogP contribution in [-0.2, 0) is 11.3 Å². The maximum Gasteiger partial charge on any atom is 0.413 e. The Morgan fingerprint density at radius 1 is 1.57 bits per heavy atom. The molecule has 0 unspecified atom stereocenters. The van der Waals surface area contributed by atoms with Crippen molar-refractivity contribution in [1.82, 2.24) is 0 Å². The van der Waals surface area contributed by atoms with Gasteiger partial charge in [0.15, 0.2) is 0 Å². The van der Waals surface area contributed by atoms with Crippen molar-refractivity contribution in [2.24, 2.45) is 5.73 Å². The van der Waals surface area contributed by atoms with Crippen LogP contribution in [0.3, 0.4) is 0 Å². The summed E-state index contributed by atoms with van der Waals surface area (Å²) in [6.45, 7) is 0.461. The Balaban J connectivity index is 2.89. The number of methoxy groups -OCH3 is 1. The minimum absolute atomic E-state index is 0.390. The standard InChI is InChI=1S/C10H14N2O2/c1-12(10(13)14-2)9-5-3-4-8(6-9)7-11/h3-6H,7,11H2,1-2H3. The van der Waals surface area contributed by atoms with E-state index in [0.717, 1.165) is 11.3 Å². The highest BCUT2D eigenvalue weighted by Crippen LogP contribution is 2.14. The van der Waals surface area contributed by atoms with Crippen LogP contribution in [0.1, 0.15) is 5.56 Å². The van der Waals surface area contributed by atoms with E-state index >= 15 is 0 Å². The van der Waals surface area contributed by atoms with Crippen LogP contribution in [0.2, 0.25) is 0 Å². The zero-order chi connectivity index (χ0) is 10.6. The van der Waals surface area contributed by atoms with Gasteiger partial charge >= 0.3 is 6.09 Å².